The Hall–Kier alpha value is -2.93. The van der Waals surface area contributed by atoms with Crippen molar-refractivity contribution in [3.05, 3.63) is 89.6 Å². The van der Waals surface area contributed by atoms with Crippen LogP contribution in [0.25, 0.3) is 33.8 Å². The number of hydrogen-bond acceptors (Lipinski definition) is 1. The predicted molar refractivity (Wildman–Crippen MR) is 99.4 cm³/mol. The molecule has 1 heterocycles. The van der Waals surface area contributed by atoms with E-state index < -0.39 is 0 Å². The van der Waals surface area contributed by atoms with Gasteiger partial charge in [0.25, 0.3) is 0 Å². The Morgan fingerprint density at radius 1 is 0.696 bits per heavy atom. The zero-order chi connectivity index (χ0) is 15.6. The minimum atomic E-state index is 1.06. The Kier molecular flexibility index (Phi) is 3.39. The zero-order valence-corrected chi connectivity index (χ0v) is 13.0. The number of nitrogens with zero attached hydrogens (tertiary/aromatic N) is 1. The average molecular weight is 295 g/mol. The second-order valence-corrected chi connectivity index (χ2v) is 5.78. The van der Waals surface area contributed by atoms with Gasteiger partial charge in [-0.15, -0.1) is 0 Å². The van der Waals surface area contributed by atoms with Crippen LogP contribution in [0.3, 0.4) is 0 Å². The van der Waals surface area contributed by atoms with Crippen molar-refractivity contribution in [1.29, 1.82) is 0 Å². The van der Waals surface area contributed by atoms with Crippen LogP contribution in [-0.4, -0.2) is 4.98 Å². The molecule has 0 atom stereocenters. The fourth-order valence-electron chi connectivity index (χ4n) is 3.03. The summed E-state index contributed by atoms with van der Waals surface area (Å²) in [6, 6.07) is 23.3. The van der Waals surface area contributed by atoms with Gasteiger partial charge < -0.3 is 0 Å². The van der Waals surface area contributed by atoms with Gasteiger partial charge in [0.15, 0.2) is 0 Å². The van der Waals surface area contributed by atoms with E-state index >= 15 is 0 Å². The van der Waals surface area contributed by atoms with Crippen molar-refractivity contribution in [2.45, 2.75) is 6.92 Å². The first-order valence-corrected chi connectivity index (χ1v) is 7.83. The molecule has 1 aromatic heterocycles. The third kappa shape index (κ3) is 2.51. The Bertz CT molecular complexity index is 1030. The summed E-state index contributed by atoms with van der Waals surface area (Å²) in [5.74, 6) is 0. The van der Waals surface area contributed by atoms with Crippen LogP contribution in [0, 0.1) is 6.92 Å². The average Bonchev–Trinajstić information content (AvgIpc) is 2.60. The summed E-state index contributed by atoms with van der Waals surface area (Å²) < 4.78 is 0. The monoisotopic (exact) mass is 295 g/mol. The van der Waals surface area contributed by atoms with Crippen LogP contribution in [0.2, 0.25) is 0 Å². The molecule has 23 heavy (non-hydrogen) atoms. The lowest BCUT2D eigenvalue weighted by molar-refractivity contribution is 1.43. The van der Waals surface area contributed by atoms with Crippen LogP contribution in [0.5, 0.6) is 0 Å². The number of hydrogen-bond donors (Lipinski definition) is 0. The quantitative estimate of drug-likeness (QED) is 0.333. The van der Waals surface area contributed by atoms with Gasteiger partial charge in [0.05, 0.1) is 5.52 Å². The van der Waals surface area contributed by atoms with Crippen LogP contribution >= 0.6 is 0 Å². The Balaban J connectivity index is 1.93. The standard InChI is InChI=1S/C22H17N/c1-16-6-2-3-7-17(16)11-12-18-8-4-9-19-13-14-20-10-5-15-23-22(20)21(18)19/h2-15H,1H3/b12-11+. The molecule has 4 aromatic rings. The van der Waals surface area contributed by atoms with E-state index in [1.165, 1.54) is 32.8 Å². The van der Waals surface area contributed by atoms with Crippen molar-refractivity contribution in [1.82, 2.24) is 4.98 Å². The second-order valence-electron chi connectivity index (χ2n) is 5.78. The summed E-state index contributed by atoms with van der Waals surface area (Å²) in [6.07, 6.45) is 6.24. The van der Waals surface area contributed by atoms with Crippen LogP contribution in [0.15, 0.2) is 72.9 Å². The number of pyridine rings is 1. The van der Waals surface area contributed by atoms with E-state index in [1.807, 2.05) is 12.3 Å². The lowest BCUT2D eigenvalue weighted by Crippen LogP contribution is -1.85. The van der Waals surface area contributed by atoms with E-state index in [1.54, 1.807) is 0 Å². The smallest absolute Gasteiger partial charge is 0.0786 e. The number of aryl methyl sites for hydroxylation is 1. The number of aromatic nitrogens is 1. The first kappa shape index (κ1) is 13.7. The van der Waals surface area contributed by atoms with Crippen molar-refractivity contribution < 1.29 is 0 Å². The fraction of sp³-hybridized carbons (Fsp3) is 0.0455. The van der Waals surface area contributed by atoms with E-state index in [-0.39, 0.29) is 0 Å². The third-order valence-electron chi connectivity index (χ3n) is 4.28. The van der Waals surface area contributed by atoms with Gasteiger partial charge in [0, 0.05) is 17.0 Å². The van der Waals surface area contributed by atoms with E-state index in [2.05, 4.69) is 84.7 Å². The van der Waals surface area contributed by atoms with E-state index in [9.17, 15) is 0 Å². The molecule has 3 aromatic carbocycles. The van der Waals surface area contributed by atoms with Gasteiger partial charge in [0.2, 0.25) is 0 Å². The summed E-state index contributed by atoms with van der Waals surface area (Å²) in [5, 5.41) is 3.62. The summed E-state index contributed by atoms with van der Waals surface area (Å²) in [7, 11) is 0. The highest BCUT2D eigenvalue weighted by atomic mass is 14.6. The lowest BCUT2D eigenvalue weighted by atomic mass is 9.99. The molecule has 0 bridgehead atoms. The third-order valence-corrected chi connectivity index (χ3v) is 4.28. The molecule has 0 radical (unpaired) electrons. The van der Waals surface area contributed by atoms with Crippen LogP contribution in [-0.2, 0) is 0 Å². The van der Waals surface area contributed by atoms with E-state index in [0.717, 1.165) is 5.52 Å². The summed E-state index contributed by atoms with van der Waals surface area (Å²) in [6.45, 7) is 2.14. The molecule has 1 nitrogen and oxygen atoms in total. The minimum Gasteiger partial charge on any atom is -0.256 e. The van der Waals surface area contributed by atoms with Crippen LogP contribution in [0.4, 0.5) is 0 Å². The molecule has 0 fully saturated rings. The molecule has 0 amide bonds. The second kappa shape index (κ2) is 5.69. The van der Waals surface area contributed by atoms with Gasteiger partial charge in [-0.05, 0) is 35.1 Å². The lowest BCUT2D eigenvalue weighted by Gasteiger charge is -2.06. The highest BCUT2D eigenvalue weighted by Gasteiger charge is 2.04. The molecule has 0 unspecified atom stereocenters. The molecule has 4 rings (SSSR count). The molecule has 0 spiro atoms. The molecule has 0 aliphatic heterocycles. The summed E-state index contributed by atoms with van der Waals surface area (Å²) in [4.78, 5) is 4.61. The van der Waals surface area contributed by atoms with E-state index in [4.69, 9.17) is 0 Å². The van der Waals surface area contributed by atoms with Crippen molar-refractivity contribution in [3.8, 4) is 0 Å². The van der Waals surface area contributed by atoms with Crippen molar-refractivity contribution in [3.63, 3.8) is 0 Å². The van der Waals surface area contributed by atoms with Gasteiger partial charge >= 0.3 is 0 Å². The topological polar surface area (TPSA) is 12.9 Å². The largest absolute Gasteiger partial charge is 0.256 e. The van der Waals surface area contributed by atoms with E-state index in [0.29, 0.717) is 0 Å². The highest BCUT2D eigenvalue weighted by Crippen LogP contribution is 2.28. The first-order chi connectivity index (χ1) is 11.3. The molecule has 0 aliphatic rings. The van der Waals surface area contributed by atoms with Crippen LogP contribution < -0.4 is 0 Å². The summed E-state index contributed by atoms with van der Waals surface area (Å²) >= 11 is 0. The highest BCUT2D eigenvalue weighted by molar-refractivity contribution is 6.09. The summed E-state index contributed by atoms with van der Waals surface area (Å²) in [5.41, 5.74) is 4.80. The Morgan fingerprint density at radius 3 is 2.35 bits per heavy atom. The Morgan fingerprint density at radius 2 is 1.43 bits per heavy atom. The molecule has 0 saturated carbocycles. The maximum atomic E-state index is 4.61. The Labute approximate surface area is 135 Å². The van der Waals surface area contributed by atoms with Crippen molar-refractivity contribution >= 4 is 33.8 Å². The first-order valence-electron chi connectivity index (χ1n) is 7.83. The SMILES string of the molecule is Cc1ccccc1/C=C/c1cccc2ccc3cccnc3c12. The fourth-order valence-corrected chi connectivity index (χ4v) is 3.03. The van der Waals surface area contributed by atoms with Gasteiger partial charge in [-0.25, -0.2) is 0 Å². The maximum absolute atomic E-state index is 4.61. The minimum absolute atomic E-state index is 1.06. The number of benzene rings is 3. The molecular formula is C22H17N. The molecule has 1 heteroatoms. The number of fused-ring (bicyclic) bond motifs is 3. The van der Waals surface area contributed by atoms with Gasteiger partial charge in [-0.1, -0.05) is 72.8 Å². The van der Waals surface area contributed by atoms with Crippen molar-refractivity contribution in [2.75, 3.05) is 0 Å². The van der Waals surface area contributed by atoms with Gasteiger partial charge in [-0.3, -0.25) is 4.98 Å². The molecular weight excluding hydrogens is 278 g/mol. The molecule has 110 valence electrons. The predicted octanol–water partition coefficient (Wildman–Crippen LogP) is 5.87. The zero-order valence-electron chi connectivity index (χ0n) is 13.0. The number of rotatable bonds is 2. The normalized spacial score (nSPS) is 11.5. The van der Waals surface area contributed by atoms with Gasteiger partial charge in [0.1, 0.15) is 0 Å². The molecule has 0 N–H and O–H groups in total. The molecule has 0 aliphatic carbocycles. The van der Waals surface area contributed by atoms with Crippen molar-refractivity contribution in [2.24, 2.45) is 0 Å². The molecule has 0 saturated heterocycles. The van der Waals surface area contributed by atoms with Gasteiger partial charge in [-0.2, -0.15) is 0 Å². The van der Waals surface area contributed by atoms with Crippen LogP contribution in [0.1, 0.15) is 16.7 Å². The maximum Gasteiger partial charge on any atom is 0.0786 e.